The molecule has 0 saturated heterocycles. The summed E-state index contributed by atoms with van der Waals surface area (Å²) in [5, 5.41) is 4.03. The average Bonchev–Trinajstić information content (AvgIpc) is 3.14. The second-order valence-electron chi connectivity index (χ2n) is 6.07. The van der Waals surface area contributed by atoms with Gasteiger partial charge in [0.05, 0.1) is 22.4 Å². The molecule has 1 N–H and O–H groups in total. The van der Waals surface area contributed by atoms with Crippen LogP contribution < -0.4 is 4.72 Å². The molecule has 0 radical (unpaired) electrons. The maximum atomic E-state index is 13.1. The van der Waals surface area contributed by atoms with E-state index in [2.05, 4.69) is 30.7 Å². The zero-order valence-corrected chi connectivity index (χ0v) is 17.9. The molecule has 0 fully saturated rings. The monoisotopic (exact) mass is 484 g/mol. The van der Waals surface area contributed by atoms with E-state index in [-0.39, 0.29) is 20.8 Å². The van der Waals surface area contributed by atoms with Gasteiger partial charge < -0.3 is 0 Å². The lowest BCUT2D eigenvalue weighted by molar-refractivity contribution is 0.482. The van der Waals surface area contributed by atoms with Crippen LogP contribution in [-0.2, 0) is 26.4 Å². The van der Waals surface area contributed by atoms with Gasteiger partial charge in [-0.05, 0) is 39.7 Å². The highest BCUT2D eigenvalue weighted by molar-refractivity contribution is 9.10. The van der Waals surface area contributed by atoms with E-state index >= 15 is 0 Å². The fourth-order valence-electron chi connectivity index (χ4n) is 2.58. The smallest absolute Gasteiger partial charge is 0.242 e. The van der Waals surface area contributed by atoms with Crippen LogP contribution in [0.3, 0.4) is 0 Å². The highest BCUT2D eigenvalue weighted by Gasteiger charge is 2.25. The molecule has 3 rings (SSSR count). The average molecular weight is 485 g/mol. The van der Waals surface area contributed by atoms with Crippen LogP contribution in [0.25, 0.3) is 0 Å². The van der Waals surface area contributed by atoms with E-state index in [1.54, 1.807) is 24.3 Å². The van der Waals surface area contributed by atoms with Crippen molar-refractivity contribution in [2.75, 3.05) is 6.26 Å². The largest absolute Gasteiger partial charge is 0.251 e. The maximum absolute atomic E-state index is 13.1. The molecule has 1 unspecified atom stereocenters. The molecule has 3 aromatic rings. The van der Waals surface area contributed by atoms with E-state index in [1.807, 2.05) is 6.07 Å². The Kier molecular flexibility index (Phi) is 5.98. The van der Waals surface area contributed by atoms with Crippen LogP contribution in [0.15, 0.2) is 75.4 Å². The first-order valence-corrected chi connectivity index (χ1v) is 12.2. The van der Waals surface area contributed by atoms with E-state index < -0.39 is 25.9 Å². The second kappa shape index (κ2) is 8.11. The Morgan fingerprint density at radius 3 is 2.43 bits per heavy atom. The molecule has 2 aromatic carbocycles. The third-order valence-corrected chi connectivity index (χ3v) is 7.53. The fraction of sp³-hybridized carbons (Fsp3) is 0.176. The molecule has 1 atom stereocenters. The van der Waals surface area contributed by atoms with Crippen molar-refractivity contribution in [3.63, 3.8) is 0 Å². The number of hydrogen-bond acceptors (Lipinski definition) is 6. The van der Waals surface area contributed by atoms with E-state index in [0.29, 0.717) is 0 Å². The van der Waals surface area contributed by atoms with Crippen LogP contribution >= 0.6 is 15.9 Å². The molecule has 0 aliphatic carbocycles. The lowest BCUT2D eigenvalue weighted by Crippen LogP contribution is -2.32. The number of nitrogens with zero attached hydrogens (tertiary/aromatic N) is 3. The Labute approximate surface area is 171 Å². The zero-order valence-electron chi connectivity index (χ0n) is 14.7. The predicted molar refractivity (Wildman–Crippen MR) is 107 cm³/mol. The molecular formula is C17H17BrN4O4S2. The summed E-state index contributed by atoms with van der Waals surface area (Å²) in [5.41, 5.74) is 0.733. The standard InChI is InChI=1S/C17H17BrN4O4S2/c1-27(23,24)14-7-8-15(18)17(9-14)28(25,26)21-16(10-22-12-19-11-20-22)13-5-3-2-4-6-13/h2-9,11-12,16,21H,10H2,1H3. The molecular weight excluding hydrogens is 468 g/mol. The van der Waals surface area contributed by atoms with Gasteiger partial charge in [-0.3, -0.25) is 4.68 Å². The minimum atomic E-state index is -4.05. The number of nitrogens with one attached hydrogen (secondary N) is 1. The molecule has 8 nitrogen and oxygen atoms in total. The number of aromatic nitrogens is 3. The maximum Gasteiger partial charge on any atom is 0.242 e. The van der Waals surface area contributed by atoms with Crippen LogP contribution in [-0.4, -0.2) is 37.9 Å². The summed E-state index contributed by atoms with van der Waals surface area (Å²) in [7, 11) is -7.61. The molecule has 0 saturated carbocycles. The molecule has 0 amide bonds. The summed E-state index contributed by atoms with van der Waals surface area (Å²) in [4.78, 5) is 3.64. The Hall–Kier alpha value is -2.08. The molecule has 0 bridgehead atoms. The van der Waals surface area contributed by atoms with Gasteiger partial charge in [-0.2, -0.15) is 5.10 Å². The Balaban J connectivity index is 2.00. The topological polar surface area (TPSA) is 111 Å². The normalized spacial score (nSPS) is 13.4. The van der Waals surface area contributed by atoms with Crippen LogP contribution in [0.1, 0.15) is 11.6 Å². The number of sulfone groups is 1. The van der Waals surface area contributed by atoms with Crippen molar-refractivity contribution in [1.82, 2.24) is 19.5 Å². The molecule has 1 aromatic heterocycles. The second-order valence-corrected chi connectivity index (χ2v) is 10.6. The minimum absolute atomic E-state index is 0.0800. The first kappa shape index (κ1) is 20.6. The number of benzene rings is 2. The summed E-state index contributed by atoms with van der Waals surface area (Å²) in [6.45, 7) is 0.215. The Bertz CT molecular complexity index is 1170. The van der Waals surface area contributed by atoms with Gasteiger partial charge in [-0.15, -0.1) is 0 Å². The van der Waals surface area contributed by atoms with Crippen molar-refractivity contribution in [2.45, 2.75) is 22.4 Å². The molecule has 11 heteroatoms. The van der Waals surface area contributed by atoms with Gasteiger partial charge in [0.15, 0.2) is 9.84 Å². The SMILES string of the molecule is CS(=O)(=O)c1ccc(Br)c(S(=O)(=O)NC(Cn2cncn2)c2ccccc2)c1. The third-order valence-electron chi connectivity index (χ3n) is 3.96. The van der Waals surface area contributed by atoms with E-state index in [0.717, 1.165) is 17.9 Å². The molecule has 0 aliphatic heterocycles. The van der Waals surface area contributed by atoms with Crippen molar-refractivity contribution in [2.24, 2.45) is 0 Å². The van der Waals surface area contributed by atoms with Gasteiger partial charge in [-0.25, -0.2) is 26.5 Å². The van der Waals surface area contributed by atoms with Crippen molar-refractivity contribution in [3.8, 4) is 0 Å². The molecule has 0 spiro atoms. The van der Waals surface area contributed by atoms with Gasteiger partial charge in [0.25, 0.3) is 0 Å². The lowest BCUT2D eigenvalue weighted by atomic mass is 10.1. The zero-order chi connectivity index (χ0) is 20.4. The van der Waals surface area contributed by atoms with Crippen molar-refractivity contribution in [1.29, 1.82) is 0 Å². The first-order valence-electron chi connectivity index (χ1n) is 8.06. The van der Waals surface area contributed by atoms with Crippen molar-refractivity contribution < 1.29 is 16.8 Å². The minimum Gasteiger partial charge on any atom is -0.251 e. The first-order chi connectivity index (χ1) is 13.2. The molecule has 148 valence electrons. The Morgan fingerprint density at radius 1 is 1.11 bits per heavy atom. The summed E-state index contributed by atoms with van der Waals surface area (Å²) in [6, 6.07) is 12.3. The highest BCUT2D eigenvalue weighted by atomic mass is 79.9. The molecule has 1 heterocycles. The summed E-state index contributed by atoms with van der Waals surface area (Å²) < 4.78 is 54.2. The van der Waals surface area contributed by atoms with Crippen molar-refractivity contribution in [3.05, 3.63) is 71.2 Å². The van der Waals surface area contributed by atoms with Crippen LogP contribution in [0.2, 0.25) is 0 Å². The Morgan fingerprint density at radius 2 is 1.82 bits per heavy atom. The van der Waals surface area contributed by atoms with Gasteiger partial charge in [0.1, 0.15) is 12.7 Å². The number of sulfonamides is 1. The van der Waals surface area contributed by atoms with Crippen molar-refractivity contribution >= 4 is 35.8 Å². The summed E-state index contributed by atoms with van der Waals surface area (Å²) in [5.74, 6) is 0. The van der Waals surface area contributed by atoms with E-state index in [1.165, 1.54) is 29.5 Å². The third kappa shape index (κ3) is 4.85. The molecule has 28 heavy (non-hydrogen) atoms. The highest BCUT2D eigenvalue weighted by Crippen LogP contribution is 2.27. The van der Waals surface area contributed by atoms with Crippen LogP contribution in [0, 0.1) is 0 Å². The van der Waals surface area contributed by atoms with Gasteiger partial charge in [0.2, 0.25) is 10.0 Å². The van der Waals surface area contributed by atoms with Gasteiger partial charge >= 0.3 is 0 Å². The molecule has 0 aliphatic rings. The van der Waals surface area contributed by atoms with Gasteiger partial charge in [0, 0.05) is 10.7 Å². The quantitative estimate of drug-likeness (QED) is 0.549. The number of halogens is 1. The van der Waals surface area contributed by atoms with E-state index in [9.17, 15) is 16.8 Å². The van der Waals surface area contributed by atoms with Crippen LogP contribution in [0.4, 0.5) is 0 Å². The van der Waals surface area contributed by atoms with Gasteiger partial charge in [-0.1, -0.05) is 30.3 Å². The fourth-order valence-corrected chi connectivity index (χ4v) is 5.51. The summed E-state index contributed by atoms with van der Waals surface area (Å²) in [6.07, 6.45) is 3.88. The number of hydrogen-bond donors (Lipinski definition) is 1. The van der Waals surface area contributed by atoms with E-state index in [4.69, 9.17) is 0 Å². The predicted octanol–water partition coefficient (Wildman–Crippen LogP) is 2.16. The number of rotatable bonds is 7. The van der Waals surface area contributed by atoms with Crippen LogP contribution in [0.5, 0.6) is 0 Å². The lowest BCUT2D eigenvalue weighted by Gasteiger charge is -2.20. The summed E-state index contributed by atoms with van der Waals surface area (Å²) >= 11 is 3.20.